The number of likely N-dealkylation sites (tertiary alicyclic amines) is 1. The van der Waals surface area contributed by atoms with Gasteiger partial charge in [-0.1, -0.05) is 54.6 Å². The summed E-state index contributed by atoms with van der Waals surface area (Å²) < 4.78 is 27.9. The summed E-state index contributed by atoms with van der Waals surface area (Å²) in [7, 11) is 0. The SMILES string of the molecule is C[C@@H](c1ccc(-c2ccc(F)cc2)cc1)N1CCC(CCCO)(c2ccccc2F)CC1=O. The van der Waals surface area contributed by atoms with Crippen molar-refractivity contribution in [2.24, 2.45) is 0 Å². The van der Waals surface area contributed by atoms with Crippen LogP contribution in [0, 0.1) is 11.6 Å². The van der Waals surface area contributed by atoms with Gasteiger partial charge in [0.2, 0.25) is 5.91 Å². The van der Waals surface area contributed by atoms with Crippen LogP contribution in [0.15, 0.2) is 72.8 Å². The van der Waals surface area contributed by atoms with Gasteiger partial charge in [-0.3, -0.25) is 4.79 Å². The van der Waals surface area contributed by atoms with Gasteiger partial charge >= 0.3 is 0 Å². The van der Waals surface area contributed by atoms with Crippen LogP contribution >= 0.6 is 0 Å². The highest BCUT2D eigenvalue weighted by molar-refractivity contribution is 5.79. The third-order valence-electron chi connectivity index (χ3n) is 6.94. The second-order valence-electron chi connectivity index (χ2n) is 8.91. The molecule has 0 aromatic heterocycles. The minimum Gasteiger partial charge on any atom is -0.396 e. The highest BCUT2D eigenvalue weighted by atomic mass is 19.1. The van der Waals surface area contributed by atoms with Gasteiger partial charge in [0.15, 0.2) is 0 Å². The van der Waals surface area contributed by atoms with E-state index in [1.807, 2.05) is 36.1 Å². The highest BCUT2D eigenvalue weighted by Gasteiger charge is 2.42. The average Bonchev–Trinajstić information content (AvgIpc) is 2.83. The van der Waals surface area contributed by atoms with Crippen molar-refractivity contribution in [1.29, 1.82) is 0 Å². The zero-order valence-corrected chi connectivity index (χ0v) is 18.8. The lowest BCUT2D eigenvalue weighted by atomic mass is 9.69. The number of rotatable bonds is 7. The van der Waals surface area contributed by atoms with Crippen LogP contribution < -0.4 is 0 Å². The first-order valence-electron chi connectivity index (χ1n) is 11.4. The van der Waals surface area contributed by atoms with Gasteiger partial charge in [0.05, 0.1) is 6.04 Å². The lowest BCUT2D eigenvalue weighted by molar-refractivity contribution is -0.138. The highest BCUT2D eigenvalue weighted by Crippen LogP contribution is 2.43. The van der Waals surface area contributed by atoms with Gasteiger partial charge in [-0.05, 0) is 66.6 Å². The molecule has 5 heteroatoms. The molecule has 1 fully saturated rings. The second kappa shape index (κ2) is 9.84. The number of aliphatic hydroxyl groups is 1. The maximum atomic E-state index is 14.7. The third kappa shape index (κ3) is 4.83. The molecule has 4 rings (SSSR count). The predicted molar refractivity (Wildman–Crippen MR) is 126 cm³/mol. The van der Waals surface area contributed by atoms with E-state index < -0.39 is 5.41 Å². The number of aliphatic hydroxyl groups excluding tert-OH is 1. The van der Waals surface area contributed by atoms with E-state index in [2.05, 4.69) is 0 Å². The first kappa shape index (κ1) is 23.1. The Kier molecular flexibility index (Phi) is 6.89. The van der Waals surface area contributed by atoms with E-state index in [9.17, 15) is 18.7 Å². The van der Waals surface area contributed by atoms with E-state index in [0.29, 0.717) is 31.4 Å². The van der Waals surface area contributed by atoms with Crippen molar-refractivity contribution >= 4 is 5.91 Å². The number of piperidine rings is 1. The Bertz CT molecular complexity index is 1100. The van der Waals surface area contributed by atoms with E-state index in [4.69, 9.17) is 0 Å². The maximum absolute atomic E-state index is 14.7. The summed E-state index contributed by atoms with van der Waals surface area (Å²) in [6, 6.07) is 20.9. The number of amides is 1. The minimum atomic E-state index is -0.589. The molecule has 0 bridgehead atoms. The Balaban J connectivity index is 1.52. The summed E-state index contributed by atoms with van der Waals surface area (Å²) >= 11 is 0. The third-order valence-corrected chi connectivity index (χ3v) is 6.94. The number of halogens is 2. The first-order valence-corrected chi connectivity index (χ1v) is 11.4. The fourth-order valence-corrected chi connectivity index (χ4v) is 5.01. The summed E-state index contributed by atoms with van der Waals surface area (Å²) in [5.74, 6) is -0.559. The minimum absolute atomic E-state index is 0.00226. The van der Waals surface area contributed by atoms with Gasteiger partial charge in [0, 0.05) is 25.0 Å². The molecule has 1 saturated heterocycles. The number of benzene rings is 3. The summed E-state index contributed by atoms with van der Waals surface area (Å²) in [6.45, 7) is 2.55. The quantitative estimate of drug-likeness (QED) is 0.479. The van der Waals surface area contributed by atoms with Crippen LogP contribution in [0.1, 0.15) is 49.8 Å². The maximum Gasteiger partial charge on any atom is 0.223 e. The molecule has 33 heavy (non-hydrogen) atoms. The molecule has 1 N–H and O–H groups in total. The topological polar surface area (TPSA) is 40.5 Å². The van der Waals surface area contributed by atoms with E-state index in [0.717, 1.165) is 16.7 Å². The largest absolute Gasteiger partial charge is 0.396 e. The van der Waals surface area contributed by atoms with Gasteiger partial charge < -0.3 is 10.0 Å². The smallest absolute Gasteiger partial charge is 0.223 e. The van der Waals surface area contributed by atoms with Crippen LogP contribution in [0.5, 0.6) is 0 Å². The molecule has 1 aliphatic rings. The van der Waals surface area contributed by atoms with Gasteiger partial charge in [-0.15, -0.1) is 0 Å². The van der Waals surface area contributed by atoms with Gasteiger partial charge in [0.25, 0.3) is 0 Å². The van der Waals surface area contributed by atoms with Crippen LogP contribution in [0.25, 0.3) is 11.1 Å². The Hall–Kier alpha value is -3.05. The lowest BCUT2D eigenvalue weighted by Gasteiger charge is -2.44. The zero-order valence-electron chi connectivity index (χ0n) is 18.8. The molecule has 1 heterocycles. The zero-order chi connectivity index (χ0) is 23.4. The van der Waals surface area contributed by atoms with Gasteiger partial charge in [0.1, 0.15) is 11.6 Å². The lowest BCUT2D eigenvalue weighted by Crippen LogP contribution is -2.47. The molecule has 3 aromatic rings. The monoisotopic (exact) mass is 449 g/mol. The van der Waals surface area contributed by atoms with Crippen LogP contribution in [0.4, 0.5) is 8.78 Å². The molecule has 0 saturated carbocycles. The van der Waals surface area contributed by atoms with Crippen molar-refractivity contribution < 1.29 is 18.7 Å². The molecular weight excluding hydrogens is 420 g/mol. The van der Waals surface area contributed by atoms with E-state index >= 15 is 0 Å². The number of hydrogen-bond donors (Lipinski definition) is 1. The van der Waals surface area contributed by atoms with E-state index in [1.165, 1.54) is 18.2 Å². The predicted octanol–water partition coefficient (Wildman–Crippen LogP) is 6.03. The molecule has 3 aromatic carbocycles. The molecule has 1 amide bonds. The molecule has 1 aliphatic heterocycles. The molecule has 0 aliphatic carbocycles. The van der Waals surface area contributed by atoms with Crippen molar-refractivity contribution in [1.82, 2.24) is 4.90 Å². The molecule has 3 nitrogen and oxygen atoms in total. The first-order chi connectivity index (χ1) is 15.9. The molecular formula is C28H29F2NO2. The number of carbonyl (C=O) groups is 1. The van der Waals surface area contributed by atoms with Gasteiger partial charge in [-0.25, -0.2) is 8.78 Å². The summed E-state index contributed by atoms with van der Waals surface area (Å²) in [4.78, 5) is 15.2. The summed E-state index contributed by atoms with van der Waals surface area (Å²) in [5, 5.41) is 9.39. The molecule has 1 unspecified atom stereocenters. The van der Waals surface area contributed by atoms with Crippen LogP contribution in [-0.4, -0.2) is 29.1 Å². The molecule has 172 valence electrons. The Morgan fingerprint density at radius 3 is 2.21 bits per heavy atom. The van der Waals surface area contributed by atoms with Crippen molar-refractivity contribution in [3.8, 4) is 11.1 Å². The normalized spacial score (nSPS) is 19.5. The number of nitrogens with zero attached hydrogens (tertiary/aromatic N) is 1. The number of hydrogen-bond acceptors (Lipinski definition) is 2. The van der Waals surface area contributed by atoms with Crippen molar-refractivity contribution in [3.05, 3.63) is 95.6 Å². The second-order valence-corrected chi connectivity index (χ2v) is 8.91. The van der Waals surface area contributed by atoms with Crippen LogP contribution in [0.2, 0.25) is 0 Å². The summed E-state index contributed by atoms with van der Waals surface area (Å²) in [5.41, 5.74) is 2.92. The van der Waals surface area contributed by atoms with Crippen molar-refractivity contribution in [2.45, 2.75) is 44.1 Å². The van der Waals surface area contributed by atoms with Crippen LogP contribution in [-0.2, 0) is 10.2 Å². The fourth-order valence-electron chi connectivity index (χ4n) is 5.01. The molecule has 2 atom stereocenters. The summed E-state index contributed by atoms with van der Waals surface area (Å²) in [6.07, 6.45) is 1.98. The Labute approximate surface area is 193 Å². The molecule has 0 spiro atoms. The Morgan fingerprint density at radius 1 is 0.970 bits per heavy atom. The van der Waals surface area contributed by atoms with Gasteiger partial charge in [-0.2, -0.15) is 0 Å². The van der Waals surface area contributed by atoms with E-state index in [1.54, 1.807) is 30.3 Å². The van der Waals surface area contributed by atoms with Crippen molar-refractivity contribution in [3.63, 3.8) is 0 Å². The van der Waals surface area contributed by atoms with Crippen LogP contribution in [0.3, 0.4) is 0 Å². The number of carbonyl (C=O) groups excluding carboxylic acids is 1. The van der Waals surface area contributed by atoms with E-state index in [-0.39, 0.29) is 36.6 Å². The standard InChI is InChI=1S/C28H29F2NO2/c1-20(21-7-9-22(10-8-21)23-11-13-24(29)14-12-23)31-17-16-28(15-4-18-32,19-27(31)33)25-5-2-3-6-26(25)30/h2-3,5-14,20,32H,4,15-19H2,1H3/t20-,28?/m0/s1. The fraction of sp³-hybridized carbons (Fsp3) is 0.321. The Morgan fingerprint density at radius 2 is 1.61 bits per heavy atom. The molecule has 0 radical (unpaired) electrons. The average molecular weight is 450 g/mol. The van der Waals surface area contributed by atoms with Crippen molar-refractivity contribution in [2.75, 3.05) is 13.2 Å².